The quantitative estimate of drug-likeness (QED) is 0.557. The zero-order chi connectivity index (χ0) is 24.0. The largest absolute Gasteiger partial charge is 0.465 e. The highest BCUT2D eigenvalue weighted by molar-refractivity contribution is 5.96. The molecular formula is C22H27F2N5O4. The number of aromatic nitrogens is 2. The van der Waals surface area contributed by atoms with Crippen LogP contribution in [-0.4, -0.2) is 56.6 Å². The van der Waals surface area contributed by atoms with Gasteiger partial charge in [0.05, 0.1) is 12.7 Å². The minimum absolute atomic E-state index is 0.0801. The van der Waals surface area contributed by atoms with E-state index in [2.05, 4.69) is 15.6 Å². The third-order valence-electron chi connectivity index (χ3n) is 5.53. The molecule has 0 radical (unpaired) electrons. The molecule has 3 amide bonds. The number of carbonyl (C=O) groups is 3. The summed E-state index contributed by atoms with van der Waals surface area (Å²) in [5, 5.41) is 14.4. The van der Waals surface area contributed by atoms with Crippen LogP contribution in [-0.2, 0) is 16.0 Å². The van der Waals surface area contributed by atoms with E-state index in [0.717, 1.165) is 18.2 Å². The van der Waals surface area contributed by atoms with Crippen molar-refractivity contribution in [3.05, 3.63) is 47.9 Å². The lowest BCUT2D eigenvalue weighted by Gasteiger charge is -2.30. The first-order chi connectivity index (χ1) is 15.7. The van der Waals surface area contributed by atoms with Crippen molar-refractivity contribution in [2.24, 2.45) is 0 Å². The number of piperidine rings is 1. The Bertz CT molecular complexity index is 984. The number of carboxylic acid groups (broad SMARTS) is 1. The number of anilines is 1. The normalized spacial score (nSPS) is 15.2. The Balaban J connectivity index is 1.56. The summed E-state index contributed by atoms with van der Waals surface area (Å²) in [6.07, 6.45) is 4.37. The first-order valence-electron chi connectivity index (χ1n) is 10.8. The maximum absolute atomic E-state index is 13.4. The van der Waals surface area contributed by atoms with Crippen LogP contribution >= 0.6 is 0 Å². The molecule has 1 fully saturated rings. The van der Waals surface area contributed by atoms with Gasteiger partial charge < -0.3 is 25.2 Å². The van der Waals surface area contributed by atoms with Gasteiger partial charge in [-0.2, -0.15) is 0 Å². The fraction of sp³-hybridized carbons (Fsp3) is 0.455. The average Bonchev–Trinajstić information content (AvgIpc) is 3.21. The van der Waals surface area contributed by atoms with Crippen LogP contribution in [0, 0.1) is 11.6 Å². The van der Waals surface area contributed by atoms with Crippen molar-refractivity contribution in [1.82, 2.24) is 19.8 Å². The van der Waals surface area contributed by atoms with Gasteiger partial charge in [0.15, 0.2) is 5.82 Å². The van der Waals surface area contributed by atoms with Crippen LogP contribution in [0.5, 0.6) is 0 Å². The van der Waals surface area contributed by atoms with Crippen LogP contribution in [0.15, 0.2) is 30.7 Å². The van der Waals surface area contributed by atoms with Crippen LogP contribution in [0.4, 0.5) is 19.4 Å². The third-order valence-corrected chi connectivity index (χ3v) is 5.53. The van der Waals surface area contributed by atoms with Gasteiger partial charge in [0.1, 0.15) is 17.7 Å². The molecule has 1 unspecified atom stereocenters. The summed E-state index contributed by atoms with van der Waals surface area (Å²) in [5.41, 5.74) is 0.174. The van der Waals surface area contributed by atoms with Gasteiger partial charge >= 0.3 is 6.09 Å². The molecule has 11 heteroatoms. The fourth-order valence-corrected chi connectivity index (χ4v) is 3.87. The van der Waals surface area contributed by atoms with Gasteiger partial charge in [0.25, 0.3) is 0 Å². The molecule has 0 spiro atoms. The molecule has 33 heavy (non-hydrogen) atoms. The zero-order valence-corrected chi connectivity index (χ0v) is 18.3. The number of nitrogens with one attached hydrogen (secondary N) is 2. The van der Waals surface area contributed by atoms with Crippen LogP contribution in [0.25, 0.3) is 0 Å². The Morgan fingerprint density at radius 2 is 1.85 bits per heavy atom. The molecule has 1 aromatic heterocycles. The minimum atomic E-state index is -0.932. The summed E-state index contributed by atoms with van der Waals surface area (Å²) < 4.78 is 28.5. The lowest BCUT2D eigenvalue weighted by Crippen LogP contribution is -2.44. The van der Waals surface area contributed by atoms with Gasteiger partial charge in [-0.25, -0.2) is 18.6 Å². The number of likely N-dealkylation sites (tertiary alicyclic amines) is 1. The Kier molecular flexibility index (Phi) is 7.96. The number of carbonyl (C=O) groups excluding carboxylic acids is 2. The van der Waals surface area contributed by atoms with Gasteiger partial charge in [-0.1, -0.05) is 13.3 Å². The summed E-state index contributed by atoms with van der Waals surface area (Å²) in [5.74, 6) is -2.19. The topological polar surface area (TPSA) is 117 Å². The van der Waals surface area contributed by atoms with E-state index >= 15 is 0 Å². The lowest BCUT2D eigenvalue weighted by molar-refractivity contribution is -0.126. The molecule has 2 aromatic rings. The van der Waals surface area contributed by atoms with Crippen LogP contribution in [0.3, 0.4) is 0 Å². The number of nitrogens with zero attached hydrogens (tertiary/aromatic N) is 3. The Labute approximate surface area is 189 Å². The number of imidazole rings is 1. The summed E-state index contributed by atoms with van der Waals surface area (Å²) in [6, 6.07) is 2.13. The van der Waals surface area contributed by atoms with Crippen molar-refractivity contribution >= 4 is 23.7 Å². The molecule has 1 aromatic carbocycles. The van der Waals surface area contributed by atoms with E-state index in [-0.39, 0.29) is 18.0 Å². The summed E-state index contributed by atoms with van der Waals surface area (Å²) in [6.45, 7) is 2.73. The summed E-state index contributed by atoms with van der Waals surface area (Å²) >= 11 is 0. The molecule has 178 valence electrons. The average molecular weight is 463 g/mol. The molecule has 0 saturated carbocycles. The predicted molar refractivity (Wildman–Crippen MR) is 116 cm³/mol. The van der Waals surface area contributed by atoms with E-state index in [1.165, 1.54) is 4.90 Å². The maximum Gasteiger partial charge on any atom is 0.407 e. The van der Waals surface area contributed by atoms with Crippen molar-refractivity contribution in [1.29, 1.82) is 0 Å². The molecule has 2 heterocycles. The molecule has 0 bridgehead atoms. The number of benzene rings is 1. The number of halogens is 2. The van der Waals surface area contributed by atoms with E-state index in [1.54, 1.807) is 12.5 Å². The second-order valence-electron chi connectivity index (χ2n) is 8.06. The highest BCUT2D eigenvalue weighted by Crippen LogP contribution is 2.23. The Hall–Kier alpha value is -3.50. The molecule has 1 saturated heterocycles. The minimum Gasteiger partial charge on any atom is -0.465 e. The van der Waals surface area contributed by atoms with Crippen molar-refractivity contribution in [3.63, 3.8) is 0 Å². The fourth-order valence-electron chi connectivity index (χ4n) is 3.87. The molecule has 1 atom stereocenters. The van der Waals surface area contributed by atoms with Crippen LogP contribution in [0.1, 0.15) is 44.2 Å². The van der Waals surface area contributed by atoms with E-state index in [1.807, 2.05) is 11.5 Å². The van der Waals surface area contributed by atoms with Crippen molar-refractivity contribution in [2.45, 2.75) is 51.1 Å². The predicted octanol–water partition coefficient (Wildman–Crippen LogP) is 2.94. The van der Waals surface area contributed by atoms with Crippen LogP contribution in [0.2, 0.25) is 0 Å². The summed E-state index contributed by atoms with van der Waals surface area (Å²) in [4.78, 5) is 41.7. The molecule has 3 N–H and O–H groups in total. The number of hydrogen-bond acceptors (Lipinski definition) is 4. The highest BCUT2D eigenvalue weighted by atomic mass is 19.1. The zero-order valence-electron chi connectivity index (χ0n) is 18.3. The maximum atomic E-state index is 13.4. The number of hydrogen-bond donors (Lipinski definition) is 3. The van der Waals surface area contributed by atoms with E-state index in [9.17, 15) is 23.2 Å². The third kappa shape index (κ3) is 6.74. The molecule has 9 nitrogen and oxygen atoms in total. The van der Waals surface area contributed by atoms with E-state index in [0.29, 0.717) is 44.6 Å². The molecule has 3 rings (SSSR count). The van der Waals surface area contributed by atoms with Gasteiger partial charge in [0, 0.05) is 31.4 Å². The molecule has 1 aliphatic heterocycles. The van der Waals surface area contributed by atoms with E-state index < -0.39 is 35.6 Å². The summed E-state index contributed by atoms with van der Waals surface area (Å²) in [7, 11) is 0. The molecule has 1 aliphatic rings. The molecular weight excluding hydrogens is 436 g/mol. The second kappa shape index (κ2) is 10.9. The van der Waals surface area contributed by atoms with E-state index in [4.69, 9.17) is 5.11 Å². The number of rotatable bonds is 8. The lowest BCUT2D eigenvalue weighted by atomic mass is 10.1. The Morgan fingerprint density at radius 1 is 1.18 bits per heavy atom. The van der Waals surface area contributed by atoms with Gasteiger partial charge in [-0.15, -0.1) is 0 Å². The Morgan fingerprint density at radius 3 is 2.45 bits per heavy atom. The first kappa shape index (κ1) is 24.1. The van der Waals surface area contributed by atoms with Crippen LogP contribution < -0.4 is 10.6 Å². The SMILES string of the molecule is CCCC(NC(=O)Cc1cc(F)cc(F)c1)C(=O)Nc1cn(C2CCN(C(=O)O)CC2)cn1. The number of amides is 3. The van der Waals surface area contributed by atoms with Crippen molar-refractivity contribution in [2.75, 3.05) is 18.4 Å². The monoisotopic (exact) mass is 463 g/mol. The smallest absolute Gasteiger partial charge is 0.407 e. The second-order valence-corrected chi connectivity index (χ2v) is 8.06. The van der Waals surface area contributed by atoms with Gasteiger partial charge in [-0.05, 0) is 37.0 Å². The standard InChI is InChI=1S/C22H27F2N5O4/c1-2-3-18(26-20(30)10-14-8-15(23)11-16(24)9-14)21(31)27-19-12-29(13-25-19)17-4-6-28(7-5-17)22(32)33/h8-9,11-13,17-18H,2-7,10H2,1H3,(H,26,30)(H,27,31)(H,32,33). The van der Waals surface area contributed by atoms with Gasteiger partial charge in [0.2, 0.25) is 11.8 Å². The highest BCUT2D eigenvalue weighted by Gasteiger charge is 2.25. The molecule has 0 aliphatic carbocycles. The van der Waals surface area contributed by atoms with Crippen molar-refractivity contribution in [3.8, 4) is 0 Å². The first-order valence-corrected chi connectivity index (χ1v) is 10.8. The van der Waals surface area contributed by atoms with Gasteiger partial charge in [-0.3, -0.25) is 9.59 Å². The van der Waals surface area contributed by atoms with Crippen molar-refractivity contribution < 1.29 is 28.3 Å².